The zero-order valence-corrected chi connectivity index (χ0v) is 32.9. The van der Waals surface area contributed by atoms with Gasteiger partial charge in [0.25, 0.3) is 5.92 Å². The number of nitrogens with zero attached hydrogens (tertiary/aromatic N) is 2. The van der Waals surface area contributed by atoms with Crippen molar-refractivity contribution in [3.05, 3.63) is 90.0 Å². The van der Waals surface area contributed by atoms with Gasteiger partial charge in [-0.3, -0.25) is 14.4 Å². The zero-order valence-electron chi connectivity index (χ0n) is 32.9. The number of hydrogen-bond donors (Lipinski definition) is 5. The molecule has 5 N–H and O–H groups in total. The summed E-state index contributed by atoms with van der Waals surface area (Å²) in [5, 5.41) is 20.7. The number of alkyl halides is 2. The maximum atomic E-state index is 15.7. The summed E-state index contributed by atoms with van der Waals surface area (Å²) in [5.41, 5.74) is 0.814. The lowest BCUT2D eigenvalue weighted by Gasteiger charge is -2.33. The second kappa shape index (κ2) is 20.5. The van der Waals surface area contributed by atoms with Gasteiger partial charge in [-0.2, -0.15) is 0 Å². The first-order valence-electron chi connectivity index (χ1n) is 18.4. The number of hydrogen-bond acceptors (Lipinski definition) is 9. The molecule has 0 aliphatic carbocycles. The fourth-order valence-corrected chi connectivity index (χ4v) is 5.60. The first-order valence-corrected chi connectivity index (χ1v) is 18.4. The number of ether oxygens (including phenoxy) is 2. The van der Waals surface area contributed by atoms with Crippen LogP contribution in [0.3, 0.4) is 0 Å². The van der Waals surface area contributed by atoms with Crippen LogP contribution >= 0.6 is 0 Å². The van der Waals surface area contributed by atoms with E-state index in [1.165, 1.54) is 12.5 Å². The Bertz CT molecular complexity index is 1750. The Kier molecular flexibility index (Phi) is 16.5. The van der Waals surface area contributed by atoms with Crippen molar-refractivity contribution in [1.82, 2.24) is 30.8 Å². The molecule has 306 valence electrons. The number of rotatable bonds is 18. The molecule has 2 aromatic carbocycles. The molecule has 16 heteroatoms. The largest absolute Gasteiger partial charge is 0.445 e. The molecule has 14 nitrogen and oxygen atoms in total. The van der Waals surface area contributed by atoms with E-state index in [1.54, 1.807) is 103 Å². The average molecular weight is 785 g/mol. The fourth-order valence-electron chi connectivity index (χ4n) is 5.60. The molecule has 0 bridgehead atoms. The molecule has 0 aliphatic heterocycles. The Morgan fingerprint density at radius 2 is 1.43 bits per heavy atom. The number of carbonyl (C=O) groups excluding carboxylic acids is 5. The minimum Gasteiger partial charge on any atom is -0.445 e. The van der Waals surface area contributed by atoms with Crippen LogP contribution in [0.1, 0.15) is 71.7 Å². The van der Waals surface area contributed by atoms with Gasteiger partial charge in [0.05, 0.1) is 18.3 Å². The van der Waals surface area contributed by atoms with E-state index in [0.717, 1.165) is 10.1 Å². The summed E-state index contributed by atoms with van der Waals surface area (Å²) in [4.78, 5) is 69.5. The molecule has 1 heterocycles. The second-order valence-electron chi connectivity index (χ2n) is 15.3. The van der Waals surface area contributed by atoms with E-state index >= 15 is 8.78 Å². The Labute approximate surface area is 326 Å². The lowest BCUT2D eigenvalue weighted by atomic mass is 9.92. The summed E-state index contributed by atoms with van der Waals surface area (Å²) in [5.74, 6) is -8.67. The number of benzene rings is 2. The number of imidazole rings is 1. The van der Waals surface area contributed by atoms with Crippen molar-refractivity contribution >= 4 is 29.9 Å². The number of aromatic nitrogens is 2. The first-order chi connectivity index (χ1) is 26.3. The van der Waals surface area contributed by atoms with Crippen molar-refractivity contribution in [3.63, 3.8) is 0 Å². The summed E-state index contributed by atoms with van der Waals surface area (Å²) in [6.07, 6.45) is -2.20. The van der Waals surface area contributed by atoms with Gasteiger partial charge in [0.2, 0.25) is 17.7 Å². The SMILES string of the molecule is CC(C)CC(NC(=O)[C@H](Cc1cn(C(=O)OC(C)(C)C)cn1)NC(=O)OCc1ccccc1)C(O)C(F)(F)CNC(=O)C(C(=O)NCc1ccccc1)C(C)C. The number of halogens is 2. The molecule has 3 unspecified atom stereocenters. The van der Waals surface area contributed by atoms with Crippen molar-refractivity contribution in [2.24, 2.45) is 17.8 Å². The molecule has 0 fully saturated rings. The zero-order chi connectivity index (χ0) is 41.6. The monoisotopic (exact) mass is 784 g/mol. The number of aliphatic hydroxyl groups excluding tert-OH is 1. The maximum absolute atomic E-state index is 15.7. The quantitative estimate of drug-likeness (QED) is 0.114. The predicted molar refractivity (Wildman–Crippen MR) is 203 cm³/mol. The molecule has 0 saturated heterocycles. The minimum absolute atomic E-state index is 0.120. The van der Waals surface area contributed by atoms with Gasteiger partial charge in [-0.05, 0) is 50.2 Å². The van der Waals surface area contributed by atoms with Crippen LogP contribution in [0.2, 0.25) is 0 Å². The van der Waals surface area contributed by atoms with Crippen LogP contribution in [0.4, 0.5) is 18.4 Å². The van der Waals surface area contributed by atoms with Gasteiger partial charge in [0.15, 0.2) is 0 Å². The highest BCUT2D eigenvalue weighted by Gasteiger charge is 2.45. The van der Waals surface area contributed by atoms with Gasteiger partial charge in [0, 0.05) is 19.2 Å². The van der Waals surface area contributed by atoms with Crippen LogP contribution in [-0.4, -0.2) is 80.8 Å². The third-order valence-electron chi connectivity index (χ3n) is 8.38. The molecule has 0 radical (unpaired) electrons. The van der Waals surface area contributed by atoms with Gasteiger partial charge < -0.3 is 35.8 Å². The molecular weight excluding hydrogens is 730 g/mol. The van der Waals surface area contributed by atoms with Crippen molar-refractivity contribution in [2.45, 2.75) is 104 Å². The third-order valence-corrected chi connectivity index (χ3v) is 8.38. The molecule has 0 spiro atoms. The van der Waals surface area contributed by atoms with Crippen LogP contribution in [-0.2, 0) is 43.4 Å². The van der Waals surface area contributed by atoms with Crippen LogP contribution < -0.4 is 21.3 Å². The number of amides is 4. The molecule has 3 aromatic rings. The van der Waals surface area contributed by atoms with Crippen LogP contribution in [0.5, 0.6) is 0 Å². The number of alkyl carbamates (subject to hydrolysis) is 1. The smallest absolute Gasteiger partial charge is 0.419 e. The summed E-state index contributed by atoms with van der Waals surface area (Å²) < 4.78 is 43.1. The average Bonchev–Trinajstić information content (AvgIpc) is 3.60. The second-order valence-corrected chi connectivity index (χ2v) is 15.3. The lowest BCUT2D eigenvalue weighted by molar-refractivity contribution is -0.145. The van der Waals surface area contributed by atoms with E-state index in [0.29, 0.717) is 5.56 Å². The molecule has 4 atom stereocenters. The maximum Gasteiger partial charge on any atom is 0.419 e. The topological polar surface area (TPSA) is 190 Å². The lowest BCUT2D eigenvalue weighted by Crippen LogP contribution is -2.59. The molecule has 56 heavy (non-hydrogen) atoms. The molecule has 0 saturated carbocycles. The molecule has 4 amide bonds. The van der Waals surface area contributed by atoms with Crippen molar-refractivity contribution in [3.8, 4) is 0 Å². The molecule has 1 aromatic heterocycles. The first kappa shape index (κ1) is 45.0. The van der Waals surface area contributed by atoms with E-state index in [4.69, 9.17) is 9.47 Å². The molecular formula is C40H54F2N6O8. The van der Waals surface area contributed by atoms with Crippen LogP contribution in [0.15, 0.2) is 73.2 Å². The third kappa shape index (κ3) is 14.7. The van der Waals surface area contributed by atoms with Crippen molar-refractivity contribution < 1.29 is 47.3 Å². The van der Waals surface area contributed by atoms with E-state index in [9.17, 15) is 29.1 Å². The van der Waals surface area contributed by atoms with Crippen molar-refractivity contribution in [1.29, 1.82) is 0 Å². The van der Waals surface area contributed by atoms with Crippen LogP contribution in [0, 0.1) is 17.8 Å². The van der Waals surface area contributed by atoms with Gasteiger partial charge >= 0.3 is 12.2 Å². The predicted octanol–water partition coefficient (Wildman–Crippen LogP) is 4.74. The van der Waals surface area contributed by atoms with Gasteiger partial charge in [-0.25, -0.2) is 27.9 Å². The summed E-state index contributed by atoms with van der Waals surface area (Å²) in [6, 6.07) is 14.7. The minimum atomic E-state index is -3.98. The van der Waals surface area contributed by atoms with E-state index in [1.807, 2.05) is 6.07 Å². The summed E-state index contributed by atoms with van der Waals surface area (Å²) in [7, 11) is 0. The summed E-state index contributed by atoms with van der Waals surface area (Å²) in [6.45, 7) is 10.3. The standard InChI is InChI=1S/C40H54F2N6O8/c1-25(2)18-30(33(49)40(41,42)23-44-36(52)32(26(3)4)35(51)43-20-27-14-10-8-11-15-27)46-34(50)31(47-37(53)55-22-28-16-12-9-13-17-28)19-29-21-48(24-45-29)38(54)56-39(5,6)7/h8-17,21,24-26,30-33,49H,18-20,22-23H2,1-7H3,(H,43,51)(H,44,52)(H,46,50)(H,47,53)/t30?,31-,32?,33?/m0/s1. The number of carbonyl (C=O) groups is 5. The van der Waals surface area contributed by atoms with Gasteiger partial charge in [-0.1, -0.05) is 88.4 Å². The highest BCUT2D eigenvalue weighted by Crippen LogP contribution is 2.25. The van der Waals surface area contributed by atoms with Crippen molar-refractivity contribution in [2.75, 3.05) is 6.54 Å². The Morgan fingerprint density at radius 1 is 0.839 bits per heavy atom. The number of aliphatic hydroxyl groups is 1. The molecule has 3 rings (SSSR count). The van der Waals surface area contributed by atoms with Gasteiger partial charge in [0.1, 0.15) is 36.6 Å². The molecule has 0 aliphatic rings. The Morgan fingerprint density at radius 3 is 2.00 bits per heavy atom. The Hall–Kier alpha value is -5.38. The summed E-state index contributed by atoms with van der Waals surface area (Å²) >= 11 is 0. The van der Waals surface area contributed by atoms with E-state index in [-0.39, 0.29) is 37.6 Å². The normalized spacial score (nSPS) is 13.9. The van der Waals surface area contributed by atoms with E-state index in [2.05, 4.69) is 26.3 Å². The van der Waals surface area contributed by atoms with E-state index < -0.39 is 78.0 Å². The highest BCUT2D eigenvalue weighted by molar-refractivity contribution is 6.00. The highest BCUT2D eigenvalue weighted by atomic mass is 19.3. The Balaban J connectivity index is 1.76. The fraction of sp³-hybridized carbons (Fsp3) is 0.500. The number of nitrogens with one attached hydrogen (secondary N) is 4. The van der Waals surface area contributed by atoms with Gasteiger partial charge in [-0.15, -0.1) is 0 Å². The van der Waals surface area contributed by atoms with Crippen LogP contribution in [0.25, 0.3) is 0 Å².